The molecule has 4 heterocycles. The zero-order chi connectivity index (χ0) is 16.5. The minimum Gasteiger partial charge on any atom is -0.376 e. The second-order valence-corrected chi connectivity index (χ2v) is 6.79. The number of likely N-dealkylation sites (N-methyl/N-ethyl adjacent to an activating group) is 1. The summed E-state index contributed by atoms with van der Waals surface area (Å²) >= 11 is 0. The fourth-order valence-corrected chi connectivity index (χ4v) is 3.54. The second-order valence-electron chi connectivity index (χ2n) is 6.79. The van der Waals surface area contributed by atoms with Crippen LogP contribution in [0.3, 0.4) is 0 Å². The molecule has 2 aromatic heterocycles. The van der Waals surface area contributed by atoms with E-state index in [9.17, 15) is 4.79 Å². The summed E-state index contributed by atoms with van der Waals surface area (Å²) in [6.07, 6.45) is 3.63. The molecule has 0 atom stereocenters. The first-order valence-corrected chi connectivity index (χ1v) is 8.14. The normalized spacial score (nSPS) is 20.3. The quantitative estimate of drug-likeness (QED) is 0.882. The largest absolute Gasteiger partial charge is 0.376 e. The Morgan fingerprint density at radius 2 is 2.12 bits per heavy atom. The number of aryl methyl sites for hydroxylation is 1. The Bertz CT molecular complexity index is 852. The number of nitrogens with one attached hydrogen (secondary N) is 1. The van der Waals surface area contributed by atoms with Gasteiger partial charge in [0, 0.05) is 31.8 Å². The first-order chi connectivity index (χ1) is 11.6. The lowest BCUT2D eigenvalue weighted by molar-refractivity contribution is -0.117. The third-order valence-electron chi connectivity index (χ3n) is 5.18. The van der Waals surface area contributed by atoms with Crippen LogP contribution in [-0.2, 0) is 22.1 Å². The van der Waals surface area contributed by atoms with Gasteiger partial charge in [-0.25, -0.2) is 4.98 Å². The highest BCUT2D eigenvalue weighted by atomic mass is 16.5. The highest BCUT2D eigenvalue weighted by Crippen LogP contribution is 2.50. The van der Waals surface area contributed by atoms with Crippen molar-refractivity contribution < 1.29 is 9.53 Å². The molecule has 0 aromatic carbocycles. The van der Waals surface area contributed by atoms with Crippen LogP contribution in [0.2, 0.25) is 0 Å². The van der Waals surface area contributed by atoms with Crippen molar-refractivity contribution in [3.05, 3.63) is 18.0 Å². The van der Waals surface area contributed by atoms with Crippen LogP contribution in [0.15, 0.2) is 12.3 Å². The molecule has 2 aromatic rings. The Kier molecular flexibility index (Phi) is 2.63. The average molecular weight is 326 g/mol. The van der Waals surface area contributed by atoms with Gasteiger partial charge >= 0.3 is 0 Å². The number of amides is 1. The molecule has 1 saturated heterocycles. The summed E-state index contributed by atoms with van der Waals surface area (Å²) in [5, 5.41) is 12.1. The lowest BCUT2D eigenvalue weighted by atomic mass is 9.83. The van der Waals surface area contributed by atoms with Crippen molar-refractivity contribution in [2.45, 2.75) is 18.4 Å². The van der Waals surface area contributed by atoms with Crippen molar-refractivity contribution >= 4 is 17.4 Å². The molecule has 2 aliphatic heterocycles. The number of hydrogen-bond acceptors (Lipinski definition) is 6. The summed E-state index contributed by atoms with van der Waals surface area (Å²) < 4.78 is 5.51. The van der Waals surface area contributed by atoms with Crippen molar-refractivity contribution in [1.82, 2.24) is 20.0 Å². The van der Waals surface area contributed by atoms with Crippen LogP contribution in [0.5, 0.6) is 0 Å². The maximum absolute atomic E-state index is 12.2. The maximum atomic E-state index is 12.2. The van der Waals surface area contributed by atoms with E-state index in [1.807, 2.05) is 20.2 Å². The SMILES string of the molecule is CN1c2c(ccnc2NC(=O)C2CC2)-c2nn(C)nc2C12COC2. The Hall–Kier alpha value is -2.48. The number of pyridine rings is 1. The Morgan fingerprint density at radius 1 is 1.33 bits per heavy atom. The number of aromatic nitrogens is 4. The number of fused-ring (bicyclic) bond motifs is 4. The molecule has 124 valence electrons. The Morgan fingerprint density at radius 3 is 2.79 bits per heavy atom. The lowest BCUT2D eigenvalue weighted by Crippen LogP contribution is -2.60. The van der Waals surface area contributed by atoms with E-state index in [1.165, 1.54) is 0 Å². The molecular weight excluding hydrogens is 308 g/mol. The predicted octanol–water partition coefficient (Wildman–Crippen LogP) is 0.901. The van der Waals surface area contributed by atoms with E-state index in [1.54, 1.807) is 11.0 Å². The van der Waals surface area contributed by atoms with Crippen LogP contribution in [-0.4, -0.2) is 46.1 Å². The highest BCUT2D eigenvalue weighted by Gasteiger charge is 2.53. The summed E-state index contributed by atoms with van der Waals surface area (Å²) in [4.78, 5) is 20.4. The van der Waals surface area contributed by atoms with E-state index in [-0.39, 0.29) is 17.4 Å². The van der Waals surface area contributed by atoms with Crippen LogP contribution in [0.4, 0.5) is 11.5 Å². The third-order valence-corrected chi connectivity index (χ3v) is 5.18. The van der Waals surface area contributed by atoms with E-state index in [0.29, 0.717) is 19.0 Å². The molecule has 5 rings (SSSR count). The molecule has 0 unspecified atom stereocenters. The van der Waals surface area contributed by atoms with Gasteiger partial charge in [-0.2, -0.15) is 15.0 Å². The van der Waals surface area contributed by atoms with Gasteiger partial charge in [-0.1, -0.05) is 0 Å². The highest BCUT2D eigenvalue weighted by molar-refractivity contribution is 5.99. The molecule has 1 saturated carbocycles. The van der Waals surface area contributed by atoms with E-state index in [0.717, 1.165) is 35.5 Å². The molecular formula is C16H18N6O2. The van der Waals surface area contributed by atoms with Crippen molar-refractivity contribution in [3.8, 4) is 11.3 Å². The molecule has 1 N–H and O–H groups in total. The van der Waals surface area contributed by atoms with Gasteiger partial charge in [-0.15, -0.1) is 0 Å². The van der Waals surface area contributed by atoms with Gasteiger partial charge in [0.25, 0.3) is 0 Å². The molecule has 1 amide bonds. The molecule has 8 nitrogen and oxygen atoms in total. The number of hydrogen-bond donors (Lipinski definition) is 1. The van der Waals surface area contributed by atoms with E-state index in [2.05, 4.69) is 25.4 Å². The average Bonchev–Trinajstić information content (AvgIpc) is 3.28. The number of nitrogens with zero attached hydrogens (tertiary/aromatic N) is 5. The second kappa shape index (κ2) is 4.54. The van der Waals surface area contributed by atoms with Crippen LogP contribution in [0, 0.1) is 5.92 Å². The maximum Gasteiger partial charge on any atom is 0.228 e. The predicted molar refractivity (Wildman–Crippen MR) is 86.5 cm³/mol. The summed E-state index contributed by atoms with van der Waals surface area (Å²) in [5.74, 6) is 0.771. The zero-order valence-corrected chi connectivity index (χ0v) is 13.6. The lowest BCUT2D eigenvalue weighted by Gasteiger charge is -2.50. The molecule has 1 aliphatic carbocycles. The van der Waals surface area contributed by atoms with Crippen molar-refractivity contribution in [1.29, 1.82) is 0 Å². The first kappa shape index (κ1) is 13.9. The van der Waals surface area contributed by atoms with Crippen molar-refractivity contribution in [3.63, 3.8) is 0 Å². The minimum absolute atomic E-state index is 0.0492. The number of carbonyl (C=O) groups is 1. The van der Waals surface area contributed by atoms with E-state index in [4.69, 9.17) is 4.74 Å². The Balaban J connectivity index is 1.68. The van der Waals surface area contributed by atoms with E-state index >= 15 is 0 Å². The Labute approximate surface area is 138 Å². The molecule has 24 heavy (non-hydrogen) atoms. The molecule has 0 radical (unpaired) electrons. The van der Waals surface area contributed by atoms with Gasteiger partial charge in [0.2, 0.25) is 5.91 Å². The van der Waals surface area contributed by atoms with Crippen LogP contribution < -0.4 is 10.2 Å². The molecule has 3 aliphatic rings. The van der Waals surface area contributed by atoms with Gasteiger partial charge in [0.05, 0.1) is 18.9 Å². The third kappa shape index (κ3) is 1.71. The number of ether oxygens (including phenoxy) is 1. The van der Waals surface area contributed by atoms with Gasteiger partial charge in [-0.05, 0) is 18.9 Å². The van der Waals surface area contributed by atoms with Crippen molar-refractivity contribution in [2.24, 2.45) is 13.0 Å². The standard InChI is InChI=1S/C16H18N6O2/c1-21-12-10(5-6-17-14(12)18-15(23)9-3-4-9)11-13(20-22(2)19-11)16(21)7-24-8-16/h5-6,9H,3-4,7-8H2,1-2H3,(H,17,18,23). The fraction of sp³-hybridized carbons (Fsp3) is 0.500. The summed E-state index contributed by atoms with van der Waals surface area (Å²) in [5.41, 5.74) is 3.27. The summed E-state index contributed by atoms with van der Waals surface area (Å²) in [6.45, 7) is 1.11. The van der Waals surface area contributed by atoms with Crippen molar-refractivity contribution in [2.75, 3.05) is 30.5 Å². The van der Waals surface area contributed by atoms with Gasteiger partial charge < -0.3 is 15.0 Å². The minimum atomic E-state index is -0.335. The zero-order valence-electron chi connectivity index (χ0n) is 13.6. The number of rotatable bonds is 2. The topological polar surface area (TPSA) is 85.2 Å². The molecule has 1 spiro atoms. The summed E-state index contributed by atoms with van der Waals surface area (Å²) in [7, 11) is 3.83. The van der Waals surface area contributed by atoms with Gasteiger partial charge in [0.1, 0.15) is 16.9 Å². The fourth-order valence-electron chi connectivity index (χ4n) is 3.54. The monoisotopic (exact) mass is 326 g/mol. The summed E-state index contributed by atoms with van der Waals surface area (Å²) in [6, 6.07) is 1.93. The van der Waals surface area contributed by atoms with E-state index < -0.39 is 0 Å². The van der Waals surface area contributed by atoms with Gasteiger partial charge in [-0.3, -0.25) is 4.79 Å². The number of anilines is 2. The number of carbonyl (C=O) groups excluding carboxylic acids is 1. The van der Waals surface area contributed by atoms with Crippen LogP contribution in [0.25, 0.3) is 11.3 Å². The van der Waals surface area contributed by atoms with Crippen LogP contribution in [0.1, 0.15) is 18.5 Å². The molecule has 2 fully saturated rings. The molecule has 8 heteroatoms. The van der Waals surface area contributed by atoms with Crippen LogP contribution >= 0.6 is 0 Å². The smallest absolute Gasteiger partial charge is 0.228 e. The molecule has 0 bridgehead atoms. The first-order valence-electron chi connectivity index (χ1n) is 8.14. The van der Waals surface area contributed by atoms with Gasteiger partial charge in [0.15, 0.2) is 5.82 Å².